The summed E-state index contributed by atoms with van der Waals surface area (Å²) in [6, 6.07) is 2.58. The molecule has 0 unspecified atom stereocenters. The first-order chi connectivity index (χ1) is 7.33. The van der Waals surface area contributed by atoms with Crippen molar-refractivity contribution in [2.45, 2.75) is 19.4 Å². The molecule has 0 aromatic carbocycles. The minimum atomic E-state index is 0.588. The molecule has 0 saturated carbocycles. The summed E-state index contributed by atoms with van der Waals surface area (Å²) >= 11 is 6.16. The normalized spacial score (nSPS) is 16.1. The van der Waals surface area contributed by atoms with E-state index in [1.807, 2.05) is 6.07 Å². The van der Waals surface area contributed by atoms with Gasteiger partial charge in [-0.3, -0.25) is 4.98 Å². The molecule has 0 radical (unpaired) electrons. The molecule has 1 aromatic heterocycles. The molecule has 4 heteroatoms. The number of pyridine rings is 1. The first-order valence-electron chi connectivity index (χ1n) is 5.39. The van der Waals surface area contributed by atoms with Gasteiger partial charge in [0.1, 0.15) is 0 Å². The number of nitrogens with one attached hydrogen (secondary N) is 1. The Balaban J connectivity index is 2.19. The Morgan fingerprint density at radius 3 is 2.93 bits per heavy atom. The monoisotopic (exact) mass is 225 g/mol. The second-order valence-corrected chi connectivity index (χ2v) is 4.24. The van der Waals surface area contributed by atoms with Gasteiger partial charge in [-0.25, -0.2) is 0 Å². The van der Waals surface area contributed by atoms with Gasteiger partial charge in [-0.2, -0.15) is 0 Å². The van der Waals surface area contributed by atoms with Crippen LogP contribution in [-0.4, -0.2) is 30.7 Å². The van der Waals surface area contributed by atoms with E-state index in [9.17, 15) is 0 Å². The van der Waals surface area contributed by atoms with Gasteiger partial charge in [0.2, 0.25) is 0 Å². The van der Waals surface area contributed by atoms with Gasteiger partial charge in [-0.15, -0.1) is 0 Å². The summed E-state index contributed by atoms with van der Waals surface area (Å²) in [6.45, 7) is 5.35. The van der Waals surface area contributed by atoms with Gasteiger partial charge in [-0.05, 0) is 12.5 Å². The first kappa shape index (κ1) is 10.7. The fraction of sp³-hybridized carbons (Fsp3) is 0.545. The van der Waals surface area contributed by atoms with E-state index in [0.29, 0.717) is 6.04 Å². The van der Waals surface area contributed by atoms with Gasteiger partial charge in [0.15, 0.2) is 0 Å². The Labute approximate surface area is 95.4 Å². The lowest BCUT2D eigenvalue weighted by Crippen LogP contribution is -2.57. The number of rotatable bonds is 4. The van der Waals surface area contributed by atoms with Crippen LogP contribution in [0, 0.1) is 0 Å². The van der Waals surface area contributed by atoms with E-state index in [1.54, 1.807) is 12.4 Å². The van der Waals surface area contributed by atoms with Gasteiger partial charge >= 0.3 is 0 Å². The van der Waals surface area contributed by atoms with E-state index in [1.165, 1.54) is 0 Å². The maximum absolute atomic E-state index is 6.16. The van der Waals surface area contributed by atoms with E-state index >= 15 is 0 Å². The Bertz CT molecular complexity index is 325. The average Bonchev–Trinajstić information content (AvgIpc) is 2.15. The zero-order chi connectivity index (χ0) is 10.7. The number of anilines is 1. The molecule has 3 nitrogen and oxygen atoms in total. The molecular weight excluding hydrogens is 210 g/mol. The van der Waals surface area contributed by atoms with Crippen LogP contribution in [0.1, 0.15) is 13.3 Å². The van der Waals surface area contributed by atoms with Gasteiger partial charge in [0, 0.05) is 32.0 Å². The van der Waals surface area contributed by atoms with Crippen molar-refractivity contribution in [3.8, 4) is 0 Å². The summed E-state index contributed by atoms with van der Waals surface area (Å²) in [6.07, 6.45) is 4.65. The maximum atomic E-state index is 6.16. The summed E-state index contributed by atoms with van der Waals surface area (Å²) in [5.74, 6) is 0. The average molecular weight is 226 g/mol. The fourth-order valence-electron chi connectivity index (χ4n) is 1.84. The lowest BCUT2D eigenvalue weighted by Gasteiger charge is -2.40. The standard InChI is InChI=1S/C11H16ClN3/c1-2-5-15(9-6-14-7-9)11-3-4-13-8-10(11)12/h3-4,8-9,14H,2,5-7H2,1H3. The van der Waals surface area contributed by atoms with Crippen LogP contribution in [0.4, 0.5) is 5.69 Å². The highest BCUT2D eigenvalue weighted by Crippen LogP contribution is 2.27. The summed E-state index contributed by atoms with van der Waals surface area (Å²) in [5, 5.41) is 4.04. The van der Waals surface area contributed by atoms with E-state index in [2.05, 4.69) is 22.1 Å². The summed E-state index contributed by atoms with van der Waals surface area (Å²) in [7, 11) is 0. The number of aromatic nitrogens is 1. The maximum Gasteiger partial charge on any atom is 0.0822 e. The minimum Gasteiger partial charge on any atom is -0.365 e. The minimum absolute atomic E-state index is 0.588. The Kier molecular flexibility index (Phi) is 3.44. The topological polar surface area (TPSA) is 28.2 Å². The van der Waals surface area contributed by atoms with Crippen molar-refractivity contribution in [3.63, 3.8) is 0 Å². The highest BCUT2D eigenvalue weighted by atomic mass is 35.5. The Morgan fingerprint density at radius 1 is 1.60 bits per heavy atom. The number of hydrogen-bond acceptors (Lipinski definition) is 3. The van der Waals surface area contributed by atoms with E-state index in [0.717, 1.165) is 36.8 Å². The van der Waals surface area contributed by atoms with E-state index in [-0.39, 0.29) is 0 Å². The second-order valence-electron chi connectivity index (χ2n) is 3.83. The van der Waals surface area contributed by atoms with Gasteiger partial charge < -0.3 is 10.2 Å². The van der Waals surface area contributed by atoms with Crippen LogP contribution in [0.15, 0.2) is 18.5 Å². The quantitative estimate of drug-likeness (QED) is 0.849. The van der Waals surface area contributed by atoms with Crippen LogP contribution < -0.4 is 10.2 Å². The zero-order valence-corrected chi connectivity index (χ0v) is 9.67. The first-order valence-corrected chi connectivity index (χ1v) is 5.77. The predicted octanol–water partition coefficient (Wildman–Crippen LogP) is 1.92. The number of halogens is 1. The lowest BCUT2D eigenvalue weighted by atomic mass is 10.1. The van der Waals surface area contributed by atoms with Crippen LogP contribution in [0.3, 0.4) is 0 Å². The van der Waals surface area contributed by atoms with E-state index in [4.69, 9.17) is 11.6 Å². The third-order valence-corrected chi connectivity index (χ3v) is 3.02. The highest BCUT2D eigenvalue weighted by Gasteiger charge is 2.25. The van der Waals surface area contributed by atoms with Gasteiger partial charge in [0.25, 0.3) is 0 Å². The van der Waals surface area contributed by atoms with Gasteiger partial charge in [0.05, 0.1) is 16.8 Å². The zero-order valence-electron chi connectivity index (χ0n) is 8.91. The molecule has 1 aromatic rings. The second kappa shape index (κ2) is 4.81. The molecule has 1 fully saturated rings. The lowest BCUT2D eigenvalue weighted by molar-refractivity contribution is 0.412. The molecule has 0 spiro atoms. The number of hydrogen-bond donors (Lipinski definition) is 1. The number of nitrogens with zero attached hydrogens (tertiary/aromatic N) is 2. The van der Waals surface area contributed by atoms with Gasteiger partial charge in [-0.1, -0.05) is 18.5 Å². The van der Waals surface area contributed by atoms with Crippen molar-refractivity contribution in [1.29, 1.82) is 0 Å². The molecule has 82 valence electrons. The van der Waals surface area contributed by atoms with Crippen molar-refractivity contribution in [3.05, 3.63) is 23.5 Å². The summed E-state index contributed by atoms with van der Waals surface area (Å²) < 4.78 is 0. The largest absolute Gasteiger partial charge is 0.365 e. The SMILES string of the molecule is CCCN(c1ccncc1Cl)C1CNC1. The molecule has 1 N–H and O–H groups in total. The van der Waals surface area contributed by atoms with Crippen LogP contribution in [0.5, 0.6) is 0 Å². The van der Waals surface area contributed by atoms with Crippen molar-refractivity contribution in [1.82, 2.24) is 10.3 Å². The Morgan fingerprint density at radius 2 is 2.40 bits per heavy atom. The molecule has 15 heavy (non-hydrogen) atoms. The smallest absolute Gasteiger partial charge is 0.0822 e. The third-order valence-electron chi connectivity index (χ3n) is 2.73. The molecule has 1 aliphatic rings. The van der Waals surface area contributed by atoms with Crippen molar-refractivity contribution < 1.29 is 0 Å². The highest BCUT2D eigenvalue weighted by molar-refractivity contribution is 6.33. The van der Waals surface area contributed by atoms with E-state index < -0.39 is 0 Å². The van der Waals surface area contributed by atoms with Crippen LogP contribution in [0.2, 0.25) is 5.02 Å². The molecule has 1 saturated heterocycles. The molecule has 0 aliphatic carbocycles. The molecular formula is C11H16ClN3. The van der Waals surface area contributed by atoms with Crippen molar-refractivity contribution in [2.24, 2.45) is 0 Å². The predicted molar refractivity (Wildman–Crippen MR) is 63.5 cm³/mol. The van der Waals surface area contributed by atoms with Crippen LogP contribution in [-0.2, 0) is 0 Å². The van der Waals surface area contributed by atoms with Crippen LogP contribution in [0.25, 0.3) is 0 Å². The third kappa shape index (κ3) is 2.24. The molecule has 2 rings (SSSR count). The summed E-state index contributed by atoms with van der Waals surface area (Å²) in [4.78, 5) is 6.39. The molecule has 2 heterocycles. The Hall–Kier alpha value is -0.800. The molecule has 0 amide bonds. The molecule has 0 atom stereocenters. The summed E-state index contributed by atoms with van der Waals surface area (Å²) in [5.41, 5.74) is 1.11. The fourth-order valence-corrected chi connectivity index (χ4v) is 2.06. The van der Waals surface area contributed by atoms with Crippen LogP contribution >= 0.6 is 11.6 Å². The van der Waals surface area contributed by atoms with Crippen molar-refractivity contribution in [2.75, 3.05) is 24.5 Å². The molecule has 1 aliphatic heterocycles. The molecule has 0 bridgehead atoms. The van der Waals surface area contributed by atoms with Crippen molar-refractivity contribution >= 4 is 17.3 Å².